The number of rotatable bonds is 2. The molecule has 0 atom stereocenters. The van der Waals surface area contributed by atoms with Crippen LogP contribution in [0.25, 0.3) is 0 Å². The second kappa shape index (κ2) is 5.06. The average Bonchev–Trinajstić information content (AvgIpc) is 2.34. The molecule has 92 valence electrons. The highest BCUT2D eigenvalue weighted by atomic mass is 35.5. The molecule has 1 heterocycles. The molecule has 0 spiro atoms. The van der Waals surface area contributed by atoms with Gasteiger partial charge in [-0.25, -0.2) is 0 Å². The number of phenolic OH excluding ortho intramolecular Hbond substituents is 1. The molecule has 0 saturated carbocycles. The zero-order chi connectivity index (χ0) is 13.1. The van der Waals surface area contributed by atoms with Gasteiger partial charge in [-0.15, -0.1) is 0 Å². The molecule has 1 aromatic carbocycles. The number of phenols is 1. The number of pyridine rings is 1. The summed E-state index contributed by atoms with van der Waals surface area (Å²) in [7, 11) is 0. The van der Waals surface area contributed by atoms with E-state index in [0.717, 1.165) is 0 Å². The number of nitrogens with zero attached hydrogens (tertiary/aromatic N) is 1. The van der Waals surface area contributed by atoms with Gasteiger partial charge in [-0.05, 0) is 31.2 Å². The Labute approximate surface area is 109 Å². The Kier molecular flexibility index (Phi) is 3.48. The number of halogens is 1. The maximum Gasteiger partial charge on any atom is 0.257 e. The fourth-order valence-corrected chi connectivity index (χ4v) is 1.63. The first-order valence-electron chi connectivity index (χ1n) is 5.29. The van der Waals surface area contributed by atoms with Gasteiger partial charge in [-0.2, -0.15) is 0 Å². The van der Waals surface area contributed by atoms with Crippen molar-refractivity contribution in [2.24, 2.45) is 0 Å². The van der Waals surface area contributed by atoms with E-state index in [1.54, 1.807) is 31.3 Å². The van der Waals surface area contributed by atoms with Crippen molar-refractivity contribution >= 4 is 23.2 Å². The number of hydrogen-bond acceptors (Lipinski definition) is 3. The lowest BCUT2D eigenvalue weighted by molar-refractivity contribution is 0.102. The Morgan fingerprint density at radius 3 is 2.83 bits per heavy atom. The monoisotopic (exact) mass is 262 g/mol. The number of hydrogen-bond donors (Lipinski definition) is 2. The lowest BCUT2D eigenvalue weighted by Crippen LogP contribution is -2.13. The Morgan fingerprint density at radius 2 is 2.17 bits per heavy atom. The summed E-state index contributed by atoms with van der Waals surface area (Å²) in [5.74, 6) is -0.348. The number of amides is 1. The summed E-state index contributed by atoms with van der Waals surface area (Å²) in [4.78, 5) is 16.0. The number of aryl methyl sites for hydroxylation is 1. The fourth-order valence-electron chi connectivity index (χ4n) is 1.51. The second-order valence-corrected chi connectivity index (χ2v) is 4.16. The van der Waals surface area contributed by atoms with Gasteiger partial charge in [0, 0.05) is 23.6 Å². The smallest absolute Gasteiger partial charge is 0.257 e. The first-order chi connectivity index (χ1) is 8.58. The van der Waals surface area contributed by atoms with E-state index in [0.29, 0.717) is 16.9 Å². The summed E-state index contributed by atoms with van der Waals surface area (Å²) < 4.78 is 0. The van der Waals surface area contributed by atoms with Crippen LogP contribution in [-0.4, -0.2) is 16.0 Å². The van der Waals surface area contributed by atoms with Gasteiger partial charge < -0.3 is 10.4 Å². The Balaban J connectivity index is 2.22. The summed E-state index contributed by atoms with van der Waals surface area (Å²) in [5.41, 5.74) is 1.62. The number of nitrogens with one attached hydrogen (secondary N) is 1. The molecule has 0 saturated heterocycles. The minimum atomic E-state index is -0.276. The normalized spacial score (nSPS) is 10.1. The van der Waals surface area contributed by atoms with Crippen molar-refractivity contribution in [3.63, 3.8) is 0 Å². The van der Waals surface area contributed by atoms with E-state index < -0.39 is 0 Å². The summed E-state index contributed by atoms with van der Waals surface area (Å²) in [6.45, 7) is 1.76. The van der Waals surface area contributed by atoms with Crippen LogP contribution in [0.5, 0.6) is 5.75 Å². The second-order valence-electron chi connectivity index (χ2n) is 3.76. The molecule has 5 heteroatoms. The third-order valence-corrected chi connectivity index (χ3v) is 2.78. The number of carbonyl (C=O) groups excluding carboxylic acids is 1. The van der Waals surface area contributed by atoms with Gasteiger partial charge in [-0.3, -0.25) is 9.78 Å². The number of carbonyl (C=O) groups is 1. The largest absolute Gasteiger partial charge is 0.506 e. The summed E-state index contributed by atoms with van der Waals surface area (Å²) in [6.07, 6.45) is 1.63. The van der Waals surface area contributed by atoms with Gasteiger partial charge in [0.25, 0.3) is 5.91 Å². The average molecular weight is 263 g/mol. The molecule has 4 nitrogen and oxygen atoms in total. The molecule has 2 aromatic rings. The van der Waals surface area contributed by atoms with Crippen LogP contribution in [0.1, 0.15) is 16.1 Å². The maximum atomic E-state index is 12.0. The van der Waals surface area contributed by atoms with Crippen LogP contribution in [0.4, 0.5) is 5.69 Å². The predicted octanol–water partition coefficient (Wildman–Crippen LogP) is 3.00. The van der Waals surface area contributed by atoms with Crippen molar-refractivity contribution in [2.75, 3.05) is 5.32 Å². The summed E-state index contributed by atoms with van der Waals surface area (Å²) >= 11 is 5.69. The van der Waals surface area contributed by atoms with E-state index in [4.69, 9.17) is 11.6 Å². The van der Waals surface area contributed by atoms with Crippen molar-refractivity contribution in [1.82, 2.24) is 4.98 Å². The molecule has 18 heavy (non-hydrogen) atoms. The lowest BCUT2D eigenvalue weighted by atomic mass is 10.2. The number of aromatic hydroxyl groups is 1. The van der Waals surface area contributed by atoms with Gasteiger partial charge >= 0.3 is 0 Å². The molecule has 0 bridgehead atoms. The molecule has 0 aliphatic carbocycles. The molecule has 2 N–H and O–H groups in total. The molecule has 1 amide bonds. The predicted molar refractivity (Wildman–Crippen MR) is 70.0 cm³/mol. The van der Waals surface area contributed by atoms with Gasteiger partial charge in [0.05, 0.1) is 10.6 Å². The van der Waals surface area contributed by atoms with Crippen LogP contribution in [0, 0.1) is 6.92 Å². The SMILES string of the molecule is Cc1ncccc1C(=O)Nc1ccc(Cl)c(O)c1. The van der Waals surface area contributed by atoms with Crippen LogP contribution >= 0.6 is 11.6 Å². The van der Waals surface area contributed by atoms with Crippen LogP contribution in [0.15, 0.2) is 36.5 Å². The van der Waals surface area contributed by atoms with Crippen molar-refractivity contribution < 1.29 is 9.90 Å². The molecule has 0 fully saturated rings. The standard InChI is InChI=1S/C13H11ClN2O2/c1-8-10(3-2-6-15-8)13(18)16-9-4-5-11(14)12(17)7-9/h2-7,17H,1H3,(H,16,18). The zero-order valence-corrected chi connectivity index (χ0v) is 10.4. The van der Waals surface area contributed by atoms with Crippen LogP contribution in [-0.2, 0) is 0 Å². The van der Waals surface area contributed by atoms with Gasteiger partial charge in [0.15, 0.2) is 0 Å². The highest BCUT2D eigenvalue weighted by Crippen LogP contribution is 2.26. The molecule has 0 unspecified atom stereocenters. The molecule has 0 radical (unpaired) electrons. The Hall–Kier alpha value is -2.07. The number of aromatic nitrogens is 1. The van der Waals surface area contributed by atoms with Crippen molar-refractivity contribution in [3.05, 3.63) is 52.8 Å². The minimum Gasteiger partial charge on any atom is -0.506 e. The van der Waals surface area contributed by atoms with E-state index >= 15 is 0 Å². The summed E-state index contributed by atoms with van der Waals surface area (Å²) in [5, 5.41) is 12.4. The van der Waals surface area contributed by atoms with E-state index in [2.05, 4.69) is 10.3 Å². The van der Waals surface area contributed by atoms with Gasteiger partial charge in [-0.1, -0.05) is 11.6 Å². The quantitative estimate of drug-likeness (QED) is 0.875. The maximum absolute atomic E-state index is 12.0. The highest BCUT2D eigenvalue weighted by Gasteiger charge is 2.10. The van der Waals surface area contributed by atoms with E-state index in [9.17, 15) is 9.90 Å². The third kappa shape index (κ3) is 2.60. The van der Waals surface area contributed by atoms with Crippen molar-refractivity contribution in [3.8, 4) is 5.75 Å². The van der Waals surface area contributed by atoms with Crippen LogP contribution in [0.2, 0.25) is 5.02 Å². The Bertz CT molecular complexity index is 599. The first-order valence-corrected chi connectivity index (χ1v) is 5.67. The zero-order valence-electron chi connectivity index (χ0n) is 9.64. The number of anilines is 1. The number of benzene rings is 1. The molecule has 0 aliphatic rings. The Morgan fingerprint density at radius 1 is 1.39 bits per heavy atom. The van der Waals surface area contributed by atoms with E-state index in [1.807, 2.05) is 0 Å². The third-order valence-electron chi connectivity index (χ3n) is 2.46. The topological polar surface area (TPSA) is 62.2 Å². The molecule has 1 aromatic heterocycles. The van der Waals surface area contributed by atoms with Crippen molar-refractivity contribution in [2.45, 2.75) is 6.92 Å². The lowest BCUT2D eigenvalue weighted by Gasteiger charge is -2.07. The van der Waals surface area contributed by atoms with Gasteiger partial charge in [0.2, 0.25) is 0 Å². The summed E-state index contributed by atoms with van der Waals surface area (Å²) in [6, 6.07) is 7.91. The van der Waals surface area contributed by atoms with Gasteiger partial charge in [0.1, 0.15) is 5.75 Å². The van der Waals surface area contributed by atoms with Crippen LogP contribution in [0.3, 0.4) is 0 Å². The van der Waals surface area contributed by atoms with E-state index in [-0.39, 0.29) is 16.7 Å². The highest BCUT2D eigenvalue weighted by molar-refractivity contribution is 6.32. The van der Waals surface area contributed by atoms with E-state index in [1.165, 1.54) is 12.1 Å². The first kappa shape index (κ1) is 12.4. The fraction of sp³-hybridized carbons (Fsp3) is 0.0769. The molecular weight excluding hydrogens is 252 g/mol. The van der Waals surface area contributed by atoms with Crippen molar-refractivity contribution in [1.29, 1.82) is 0 Å². The molecular formula is C13H11ClN2O2. The minimum absolute atomic E-state index is 0.0719. The molecule has 2 rings (SSSR count). The van der Waals surface area contributed by atoms with Crippen LogP contribution < -0.4 is 5.32 Å². The molecule has 0 aliphatic heterocycles.